The van der Waals surface area contributed by atoms with Crippen molar-refractivity contribution in [3.8, 4) is 0 Å². The highest BCUT2D eigenvalue weighted by Gasteiger charge is 2.38. The van der Waals surface area contributed by atoms with Crippen molar-refractivity contribution in [3.63, 3.8) is 0 Å². The molecule has 1 fully saturated rings. The van der Waals surface area contributed by atoms with Crippen molar-refractivity contribution in [1.29, 1.82) is 0 Å². The minimum absolute atomic E-state index is 0.329. The highest BCUT2D eigenvalue weighted by molar-refractivity contribution is 4.86. The Hall–Kier alpha value is -0.160. The summed E-state index contributed by atoms with van der Waals surface area (Å²) in [6.45, 7) is 7.79. The van der Waals surface area contributed by atoms with Crippen LogP contribution in [0.1, 0.15) is 27.7 Å². The third-order valence-electron chi connectivity index (χ3n) is 2.24. The molecule has 84 valence electrons. The van der Waals surface area contributed by atoms with E-state index in [0.717, 1.165) is 0 Å². The largest absolute Gasteiger partial charge is 0.388 e. The summed E-state index contributed by atoms with van der Waals surface area (Å²) in [4.78, 5) is 0. The van der Waals surface area contributed by atoms with Crippen LogP contribution in [0, 0.1) is 0 Å². The van der Waals surface area contributed by atoms with E-state index >= 15 is 0 Å². The lowest BCUT2D eigenvalue weighted by Crippen LogP contribution is -2.54. The normalized spacial score (nSPS) is 39.9. The fourth-order valence-electron chi connectivity index (χ4n) is 1.50. The van der Waals surface area contributed by atoms with Gasteiger partial charge < -0.3 is 19.7 Å². The second-order valence-electron chi connectivity index (χ2n) is 4.79. The van der Waals surface area contributed by atoms with Crippen LogP contribution in [0.2, 0.25) is 0 Å². The molecule has 0 bridgehead atoms. The molecule has 0 spiro atoms. The van der Waals surface area contributed by atoms with E-state index in [4.69, 9.17) is 9.47 Å². The standard InChI is InChI=1S/C10H20O4/c1-6-8(11)9(12)7(5-13-6)14-10(2,3)4/h6-9,11-12H,5H2,1-4H3/t6-,7-,8-,9-/m0/s1. The molecule has 0 amide bonds. The molecule has 0 unspecified atom stereocenters. The molecular formula is C10H20O4. The molecule has 0 aliphatic carbocycles. The predicted octanol–water partition coefficient (Wildman–Crippen LogP) is 0.311. The molecule has 4 heteroatoms. The highest BCUT2D eigenvalue weighted by Crippen LogP contribution is 2.21. The number of rotatable bonds is 1. The van der Waals surface area contributed by atoms with Crippen molar-refractivity contribution in [3.05, 3.63) is 0 Å². The molecule has 0 saturated carbocycles. The molecule has 4 nitrogen and oxygen atoms in total. The number of aliphatic hydroxyl groups excluding tert-OH is 2. The zero-order valence-electron chi connectivity index (χ0n) is 9.23. The molecule has 14 heavy (non-hydrogen) atoms. The van der Waals surface area contributed by atoms with E-state index in [1.807, 2.05) is 20.8 Å². The van der Waals surface area contributed by atoms with Gasteiger partial charge in [-0.15, -0.1) is 0 Å². The summed E-state index contributed by atoms with van der Waals surface area (Å²) in [6, 6.07) is 0. The van der Waals surface area contributed by atoms with E-state index < -0.39 is 18.3 Å². The third kappa shape index (κ3) is 2.92. The first kappa shape index (κ1) is 11.9. The van der Waals surface area contributed by atoms with Gasteiger partial charge in [-0.05, 0) is 27.7 Å². The lowest BCUT2D eigenvalue weighted by atomic mass is 10.0. The van der Waals surface area contributed by atoms with Crippen LogP contribution < -0.4 is 0 Å². The van der Waals surface area contributed by atoms with Crippen molar-refractivity contribution in [2.24, 2.45) is 0 Å². The molecule has 0 aromatic heterocycles. The fourth-order valence-corrected chi connectivity index (χ4v) is 1.50. The van der Waals surface area contributed by atoms with Crippen LogP contribution in [0.25, 0.3) is 0 Å². The first-order valence-corrected chi connectivity index (χ1v) is 4.97. The Morgan fingerprint density at radius 1 is 1.21 bits per heavy atom. The Morgan fingerprint density at radius 2 is 1.79 bits per heavy atom. The number of hydrogen-bond donors (Lipinski definition) is 2. The lowest BCUT2D eigenvalue weighted by Gasteiger charge is -2.38. The molecule has 1 aliphatic rings. The summed E-state index contributed by atoms with van der Waals surface area (Å²) in [6.07, 6.45) is -2.50. The van der Waals surface area contributed by atoms with E-state index in [1.165, 1.54) is 0 Å². The van der Waals surface area contributed by atoms with Crippen molar-refractivity contribution in [2.75, 3.05) is 6.61 Å². The quantitative estimate of drug-likeness (QED) is 0.645. The minimum atomic E-state index is -0.865. The maximum atomic E-state index is 9.72. The van der Waals surface area contributed by atoms with E-state index in [-0.39, 0.29) is 11.7 Å². The average Bonchev–Trinajstić information content (AvgIpc) is 2.04. The van der Waals surface area contributed by atoms with Crippen LogP contribution in [0.15, 0.2) is 0 Å². The zero-order chi connectivity index (χ0) is 10.9. The van der Waals surface area contributed by atoms with Crippen molar-refractivity contribution < 1.29 is 19.7 Å². The number of ether oxygens (including phenoxy) is 2. The summed E-state index contributed by atoms with van der Waals surface area (Å²) >= 11 is 0. The van der Waals surface area contributed by atoms with E-state index in [0.29, 0.717) is 6.61 Å². The lowest BCUT2D eigenvalue weighted by molar-refractivity contribution is -0.220. The van der Waals surface area contributed by atoms with Gasteiger partial charge in [-0.1, -0.05) is 0 Å². The van der Waals surface area contributed by atoms with E-state index in [1.54, 1.807) is 6.92 Å². The molecular weight excluding hydrogens is 184 g/mol. The van der Waals surface area contributed by atoms with Crippen LogP contribution >= 0.6 is 0 Å². The SMILES string of the molecule is C[C@@H]1OC[C@H](OC(C)(C)C)[C@H](O)[C@H]1O. The Kier molecular flexibility index (Phi) is 3.53. The zero-order valence-corrected chi connectivity index (χ0v) is 9.23. The molecule has 1 saturated heterocycles. The number of aliphatic hydroxyl groups is 2. The van der Waals surface area contributed by atoms with Crippen molar-refractivity contribution >= 4 is 0 Å². The first-order chi connectivity index (χ1) is 6.31. The van der Waals surface area contributed by atoms with Gasteiger partial charge in [-0.2, -0.15) is 0 Å². The third-order valence-corrected chi connectivity index (χ3v) is 2.24. The molecule has 1 rings (SSSR count). The maximum absolute atomic E-state index is 9.72. The summed E-state index contributed by atoms with van der Waals surface area (Å²) in [7, 11) is 0. The van der Waals surface area contributed by atoms with E-state index in [9.17, 15) is 10.2 Å². The smallest absolute Gasteiger partial charge is 0.111 e. The van der Waals surface area contributed by atoms with Gasteiger partial charge >= 0.3 is 0 Å². The summed E-state index contributed by atoms with van der Waals surface area (Å²) < 4.78 is 10.9. The Morgan fingerprint density at radius 3 is 2.29 bits per heavy atom. The Balaban J connectivity index is 2.55. The van der Waals surface area contributed by atoms with Crippen molar-refractivity contribution in [2.45, 2.75) is 57.7 Å². The highest BCUT2D eigenvalue weighted by atomic mass is 16.6. The molecule has 0 radical (unpaired) electrons. The fraction of sp³-hybridized carbons (Fsp3) is 1.00. The first-order valence-electron chi connectivity index (χ1n) is 4.97. The molecule has 1 aliphatic heterocycles. The van der Waals surface area contributed by atoms with Gasteiger partial charge in [0.15, 0.2) is 0 Å². The van der Waals surface area contributed by atoms with Gasteiger partial charge in [0.2, 0.25) is 0 Å². The van der Waals surface area contributed by atoms with Gasteiger partial charge in [0.25, 0.3) is 0 Å². The van der Waals surface area contributed by atoms with Gasteiger partial charge in [-0.3, -0.25) is 0 Å². The van der Waals surface area contributed by atoms with Crippen LogP contribution in [0.3, 0.4) is 0 Å². The summed E-state index contributed by atoms with van der Waals surface area (Å²) in [5, 5.41) is 19.3. The summed E-state index contributed by atoms with van der Waals surface area (Å²) in [5.74, 6) is 0. The van der Waals surface area contributed by atoms with Crippen LogP contribution in [0.4, 0.5) is 0 Å². The number of hydrogen-bond acceptors (Lipinski definition) is 4. The predicted molar refractivity (Wildman–Crippen MR) is 52.1 cm³/mol. The van der Waals surface area contributed by atoms with Crippen LogP contribution in [0.5, 0.6) is 0 Å². The molecule has 2 N–H and O–H groups in total. The molecule has 4 atom stereocenters. The maximum Gasteiger partial charge on any atom is 0.111 e. The monoisotopic (exact) mass is 204 g/mol. The van der Waals surface area contributed by atoms with E-state index in [2.05, 4.69) is 0 Å². The van der Waals surface area contributed by atoms with Gasteiger partial charge in [0.05, 0.1) is 18.3 Å². The molecule has 1 heterocycles. The average molecular weight is 204 g/mol. The van der Waals surface area contributed by atoms with Crippen LogP contribution in [-0.4, -0.2) is 46.8 Å². The molecule has 0 aromatic carbocycles. The Labute approximate surface area is 84.8 Å². The van der Waals surface area contributed by atoms with Crippen molar-refractivity contribution in [1.82, 2.24) is 0 Å². The van der Waals surface area contributed by atoms with Crippen LogP contribution in [-0.2, 0) is 9.47 Å². The van der Waals surface area contributed by atoms with Gasteiger partial charge in [-0.25, -0.2) is 0 Å². The summed E-state index contributed by atoms with van der Waals surface area (Å²) in [5.41, 5.74) is -0.338. The van der Waals surface area contributed by atoms with Gasteiger partial charge in [0, 0.05) is 0 Å². The second-order valence-corrected chi connectivity index (χ2v) is 4.79. The minimum Gasteiger partial charge on any atom is -0.388 e. The Bertz CT molecular complexity index is 187. The molecule has 0 aromatic rings. The van der Waals surface area contributed by atoms with Gasteiger partial charge in [0.1, 0.15) is 18.3 Å². The second kappa shape index (κ2) is 4.14. The topological polar surface area (TPSA) is 58.9 Å².